The van der Waals surface area contributed by atoms with Crippen LogP contribution in [0, 0.1) is 5.92 Å². The van der Waals surface area contributed by atoms with Crippen molar-refractivity contribution in [3.63, 3.8) is 0 Å². The molecule has 2 aliphatic rings. The molecule has 2 nitrogen and oxygen atoms in total. The lowest BCUT2D eigenvalue weighted by Crippen LogP contribution is -2.56. The number of hydrogen-bond donors (Lipinski definition) is 1. The predicted octanol–water partition coefficient (Wildman–Crippen LogP) is 2.38. The predicted molar refractivity (Wildman–Crippen MR) is 64.8 cm³/mol. The summed E-state index contributed by atoms with van der Waals surface area (Å²) in [6.07, 6.45) is 6.59. The molecule has 2 rings (SSSR count). The molecule has 2 fully saturated rings. The number of hydrogen-bond acceptors (Lipinski definition) is 2. The molecule has 15 heavy (non-hydrogen) atoms. The first-order valence-electron chi connectivity index (χ1n) is 6.51. The van der Waals surface area contributed by atoms with Crippen molar-refractivity contribution < 1.29 is 0 Å². The van der Waals surface area contributed by atoms with Crippen LogP contribution in [-0.2, 0) is 0 Å². The van der Waals surface area contributed by atoms with Crippen molar-refractivity contribution in [2.75, 3.05) is 6.54 Å². The second-order valence-electron chi connectivity index (χ2n) is 6.41. The van der Waals surface area contributed by atoms with E-state index in [-0.39, 0.29) is 0 Å². The maximum atomic E-state index is 6.08. The van der Waals surface area contributed by atoms with Gasteiger partial charge in [-0.15, -0.1) is 0 Å². The van der Waals surface area contributed by atoms with E-state index >= 15 is 0 Å². The Morgan fingerprint density at radius 1 is 1.13 bits per heavy atom. The van der Waals surface area contributed by atoms with Gasteiger partial charge in [0.1, 0.15) is 0 Å². The molecule has 1 saturated heterocycles. The van der Waals surface area contributed by atoms with E-state index in [1.165, 1.54) is 38.6 Å². The summed E-state index contributed by atoms with van der Waals surface area (Å²) in [6, 6.07) is 1.30. The van der Waals surface area contributed by atoms with Gasteiger partial charge in [0.2, 0.25) is 0 Å². The van der Waals surface area contributed by atoms with Gasteiger partial charge in [-0.05, 0) is 65.3 Å². The van der Waals surface area contributed by atoms with Crippen LogP contribution in [-0.4, -0.2) is 29.1 Å². The lowest BCUT2D eigenvalue weighted by molar-refractivity contribution is -0.00818. The molecule has 88 valence electrons. The maximum absolute atomic E-state index is 6.08. The normalized spacial score (nSPS) is 38.8. The van der Waals surface area contributed by atoms with Crippen LogP contribution in [0.5, 0.6) is 0 Å². The lowest BCUT2D eigenvalue weighted by Gasteiger charge is -2.51. The molecular formula is C13H26N2. The van der Waals surface area contributed by atoms with Crippen LogP contribution >= 0.6 is 0 Å². The van der Waals surface area contributed by atoms with Gasteiger partial charge in [0.25, 0.3) is 0 Å². The summed E-state index contributed by atoms with van der Waals surface area (Å²) in [7, 11) is 0. The highest BCUT2D eigenvalue weighted by atomic mass is 15.2. The summed E-state index contributed by atoms with van der Waals surface area (Å²) in [5.74, 6) is 0.877. The zero-order valence-electron chi connectivity index (χ0n) is 10.5. The van der Waals surface area contributed by atoms with E-state index in [0.717, 1.165) is 12.0 Å². The van der Waals surface area contributed by atoms with E-state index in [0.29, 0.717) is 11.6 Å². The molecular weight excluding hydrogens is 184 g/mol. The fourth-order valence-corrected chi connectivity index (χ4v) is 3.53. The van der Waals surface area contributed by atoms with Crippen LogP contribution < -0.4 is 5.73 Å². The number of rotatable bonds is 0. The van der Waals surface area contributed by atoms with Crippen LogP contribution in [0.1, 0.15) is 52.9 Å². The van der Waals surface area contributed by atoms with E-state index < -0.39 is 0 Å². The Labute approximate surface area is 94.2 Å². The van der Waals surface area contributed by atoms with E-state index in [1.54, 1.807) is 0 Å². The highest BCUT2D eigenvalue weighted by Gasteiger charge is 2.39. The van der Waals surface area contributed by atoms with Gasteiger partial charge in [-0.25, -0.2) is 0 Å². The van der Waals surface area contributed by atoms with Crippen molar-refractivity contribution in [1.29, 1.82) is 0 Å². The molecule has 3 atom stereocenters. The van der Waals surface area contributed by atoms with Gasteiger partial charge in [0.05, 0.1) is 0 Å². The quantitative estimate of drug-likeness (QED) is 0.665. The highest BCUT2D eigenvalue weighted by molar-refractivity contribution is 4.95. The van der Waals surface area contributed by atoms with Gasteiger partial charge in [-0.1, -0.05) is 0 Å². The maximum Gasteiger partial charge on any atom is 0.0130 e. The van der Waals surface area contributed by atoms with E-state index in [9.17, 15) is 0 Å². The average Bonchev–Trinajstić information content (AvgIpc) is 2.15. The molecule has 0 spiro atoms. The van der Waals surface area contributed by atoms with Crippen molar-refractivity contribution >= 4 is 0 Å². The molecule has 0 bridgehead atoms. The Morgan fingerprint density at radius 2 is 1.87 bits per heavy atom. The van der Waals surface area contributed by atoms with Crippen molar-refractivity contribution in [1.82, 2.24) is 4.90 Å². The molecule has 0 aromatic carbocycles. The molecule has 0 aromatic rings. The third kappa shape index (κ3) is 2.36. The SMILES string of the molecule is CC(C)(C)N1CCCC2CC(N)CCC21. The molecule has 1 aliphatic heterocycles. The molecule has 2 heteroatoms. The summed E-state index contributed by atoms with van der Waals surface area (Å²) >= 11 is 0. The Bertz CT molecular complexity index is 219. The van der Waals surface area contributed by atoms with Gasteiger partial charge >= 0.3 is 0 Å². The zero-order valence-corrected chi connectivity index (χ0v) is 10.5. The Balaban J connectivity index is 2.08. The molecule has 1 saturated carbocycles. The number of likely N-dealkylation sites (tertiary alicyclic amines) is 1. The minimum absolute atomic E-state index is 0.338. The van der Waals surface area contributed by atoms with Crippen molar-refractivity contribution in [3.8, 4) is 0 Å². The van der Waals surface area contributed by atoms with Crippen molar-refractivity contribution in [2.24, 2.45) is 11.7 Å². The average molecular weight is 210 g/mol. The van der Waals surface area contributed by atoms with Crippen LogP contribution in [0.15, 0.2) is 0 Å². The van der Waals surface area contributed by atoms with Crippen molar-refractivity contribution in [2.45, 2.75) is 70.5 Å². The number of piperidine rings is 1. The van der Waals surface area contributed by atoms with Gasteiger partial charge in [0.15, 0.2) is 0 Å². The second kappa shape index (κ2) is 4.06. The molecule has 1 heterocycles. The molecule has 0 amide bonds. The Hall–Kier alpha value is -0.0800. The van der Waals surface area contributed by atoms with Crippen LogP contribution in [0.25, 0.3) is 0 Å². The fraction of sp³-hybridized carbons (Fsp3) is 1.00. The molecule has 2 N–H and O–H groups in total. The molecule has 3 unspecified atom stereocenters. The van der Waals surface area contributed by atoms with Crippen LogP contribution in [0.3, 0.4) is 0 Å². The molecule has 0 aromatic heterocycles. The topological polar surface area (TPSA) is 29.3 Å². The number of nitrogens with two attached hydrogens (primary N) is 1. The third-order valence-electron chi connectivity index (χ3n) is 4.22. The smallest absolute Gasteiger partial charge is 0.0130 e. The second-order valence-corrected chi connectivity index (χ2v) is 6.41. The van der Waals surface area contributed by atoms with Gasteiger partial charge < -0.3 is 5.73 Å². The molecule has 0 radical (unpaired) electrons. The summed E-state index contributed by atoms with van der Waals surface area (Å²) in [5.41, 5.74) is 6.42. The first-order valence-corrected chi connectivity index (χ1v) is 6.51. The molecule has 1 aliphatic carbocycles. The summed E-state index contributed by atoms with van der Waals surface area (Å²) < 4.78 is 0. The van der Waals surface area contributed by atoms with Gasteiger partial charge in [-0.3, -0.25) is 4.90 Å². The van der Waals surface area contributed by atoms with E-state index in [2.05, 4.69) is 25.7 Å². The van der Waals surface area contributed by atoms with Crippen LogP contribution in [0.4, 0.5) is 0 Å². The van der Waals surface area contributed by atoms with Crippen LogP contribution in [0.2, 0.25) is 0 Å². The lowest BCUT2D eigenvalue weighted by atomic mass is 9.75. The largest absolute Gasteiger partial charge is 0.328 e. The third-order valence-corrected chi connectivity index (χ3v) is 4.22. The monoisotopic (exact) mass is 210 g/mol. The first-order chi connectivity index (χ1) is 6.98. The summed E-state index contributed by atoms with van der Waals surface area (Å²) in [5, 5.41) is 0. The fourth-order valence-electron chi connectivity index (χ4n) is 3.53. The Kier molecular flexibility index (Phi) is 3.09. The Morgan fingerprint density at radius 3 is 2.53 bits per heavy atom. The summed E-state index contributed by atoms with van der Waals surface area (Å²) in [4.78, 5) is 2.73. The van der Waals surface area contributed by atoms with E-state index in [4.69, 9.17) is 5.73 Å². The van der Waals surface area contributed by atoms with Crippen molar-refractivity contribution in [3.05, 3.63) is 0 Å². The minimum Gasteiger partial charge on any atom is -0.328 e. The van der Waals surface area contributed by atoms with Gasteiger partial charge in [-0.2, -0.15) is 0 Å². The van der Waals surface area contributed by atoms with Gasteiger partial charge in [0, 0.05) is 17.6 Å². The van der Waals surface area contributed by atoms with E-state index in [1.807, 2.05) is 0 Å². The minimum atomic E-state index is 0.338. The first kappa shape index (κ1) is 11.4. The number of fused-ring (bicyclic) bond motifs is 1. The number of nitrogens with zero attached hydrogens (tertiary/aromatic N) is 1. The standard InChI is InChI=1S/C13H26N2/c1-13(2,3)15-8-4-5-10-9-11(14)6-7-12(10)15/h10-12H,4-9,14H2,1-3H3. The zero-order chi connectivity index (χ0) is 11.1. The summed E-state index contributed by atoms with van der Waals surface area (Å²) in [6.45, 7) is 8.34. The highest BCUT2D eigenvalue weighted by Crippen LogP contribution is 2.37.